The van der Waals surface area contributed by atoms with Crippen molar-refractivity contribution in [3.05, 3.63) is 12.2 Å². The van der Waals surface area contributed by atoms with Crippen LogP contribution in [0.15, 0.2) is 12.2 Å². The highest BCUT2D eigenvalue weighted by Crippen LogP contribution is 2.00. The Bertz CT molecular complexity index is 114. The van der Waals surface area contributed by atoms with Gasteiger partial charge in [0.05, 0.1) is 0 Å². The van der Waals surface area contributed by atoms with Crippen molar-refractivity contribution in [2.75, 3.05) is 0 Å². The molecule has 0 saturated heterocycles. The van der Waals surface area contributed by atoms with E-state index in [2.05, 4.69) is 13.5 Å². The lowest BCUT2D eigenvalue weighted by Gasteiger charge is -1.94. The van der Waals surface area contributed by atoms with E-state index in [-0.39, 0.29) is 5.78 Å². The summed E-state index contributed by atoms with van der Waals surface area (Å²) in [6.07, 6.45) is 2.75. The van der Waals surface area contributed by atoms with Gasteiger partial charge in [0.1, 0.15) is 0 Å². The van der Waals surface area contributed by atoms with Crippen molar-refractivity contribution in [2.24, 2.45) is 0 Å². The number of hydrogen-bond acceptors (Lipinski definition) is 1. The van der Waals surface area contributed by atoms with Crippen molar-refractivity contribution >= 4 is 5.78 Å². The zero-order valence-electron chi connectivity index (χ0n) is 6.24. The quantitative estimate of drug-likeness (QED) is 0.528. The normalized spacial score (nSPS) is 9.11. The molecular weight excluding hydrogens is 112 g/mol. The Morgan fingerprint density at radius 3 is 2.44 bits per heavy atom. The lowest BCUT2D eigenvalue weighted by molar-refractivity contribution is -0.115. The molecule has 0 unspecified atom stereocenters. The van der Waals surface area contributed by atoms with Crippen molar-refractivity contribution in [2.45, 2.75) is 33.1 Å². The Balaban J connectivity index is 3.39. The van der Waals surface area contributed by atoms with Crippen LogP contribution in [-0.4, -0.2) is 5.78 Å². The van der Waals surface area contributed by atoms with E-state index in [0.29, 0.717) is 12.0 Å². The Labute approximate surface area is 56.8 Å². The molecule has 0 atom stereocenters. The van der Waals surface area contributed by atoms with Crippen molar-refractivity contribution in [3.63, 3.8) is 0 Å². The lowest BCUT2D eigenvalue weighted by Crippen LogP contribution is -1.96. The summed E-state index contributed by atoms with van der Waals surface area (Å²) in [5.41, 5.74) is 0.684. The van der Waals surface area contributed by atoms with E-state index in [1.54, 1.807) is 6.92 Å². The minimum Gasteiger partial charge on any atom is -0.295 e. The second kappa shape index (κ2) is 4.30. The number of ketones is 1. The van der Waals surface area contributed by atoms with Crippen LogP contribution < -0.4 is 0 Å². The van der Waals surface area contributed by atoms with Gasteiger partial charge in [0.2, 0.25) is 0 Å². The van der Waals surface area contributed by atoms with E-state index in [1.165, 1.54) is 0 Å². The smallest absolute Gasteiger partial charge is 0.157 e. The van der Waals surface area contributed by atoms with E-state index in [4.69, 9.17) is 0 Å². The summed E-state index contributed by atoms with van der Waals surface area (Å²) >= 11 is 0. The summed E-state index contributed by atoms with van der Waals surface area (Å²) in [7, 11) is 0. The fourth-order valence-corrected chi connectivity index (χ4v) is 0.551. The lowest BCUT2D eigenvalue weighted by atomic mass is 10.1. The number of carbonyl (C=O) groups excluding carboxylic acids is 1. The molecule has 0 aliphatic heterocycles. The molecule has 0 spiro atoms. The fourth-order valence-electron chi connectivity index (χ4n) is 0.551. The standard InChI is InChI=1S/C8H14O/c1-4-5-6-8(9)7(2)3/h2,4-6H2,1,3H3. The SMILES string of the molecule is C=C(C)C(=O)CCCC. The average molecular weight is 126 g/mol. The van der Waals surface area contributed by atoms with Gasteiger partial charge in [0.15, 0.2) is 5.78 Å². The zero-order chi connectivity index (χ0) is 7.28. The molecule has 0 bridgehead atoms. The van der Waals surface area contributed by atoms with Crippen molar-refractivity contribution in [1.29, 1.82) is 0 Å². The third kappa shape index (κ3) is 3.95. The summed E-state index contributed by atoms with van der Waals surface area (Å²) in [4.78, 5) is 10.8. The summed E-state index contributed by atoms with van der Waals surface area (Å²) in [6.45, 7) is 7.40. The van der Waals surface area contributed by atoms with Crippen LogP contribution in [0.5, 0.6) is 0 Å². The van der Waals surface area contributed by atoms with Crippen LogP contribution >= 0.6 is 0 Å². The van der Waals surface area contributed by atoms with Crippen LogP contribution in [0.2, 0.25) is 0 Å². The molecule has 0 radical (unpaired) electrons. The summed E-state index contributed by atoms with van der Waals surface area (Å²) in [5.74, 6) is 0.205. The first-order valence-corrected chi connectivity index (χ1v) is 3.37. The van der Waals surface area contributed by atoms with Crippen LogP contribution in [0.4, 0.5) is 0 Å². The molecule has 1 heteroatoms. The van der Waals surface area contributed by atoms with Gasteiger partial charge >= 0.3 is 0 Å². The van der Waals surface area contributed by atoms with Gasteiger partial charge in [-0.1, -0.05) is 19.9 Å². The van der Waals surface area contributed by atoms with E-state index in [0.717, 1.165) is 12.8 Å². The van der Waals surface area contributed by atoms with Crippen molar-refractivity contribution < 1.29 is 4.79 Å². The molecule has 9 heavy (non-hydrogen) atoms. The largest absolute Gasteiger partial charge is 0.295 e. The topological polar surface area (TPSA) is 17.1 Å². The molecule has 0 aliphatic rings. The number of rotatable bonds is 4. The van der Waals surface area contributed by atoms with Gasteiger partial charge in [-0.25, -0.2) is 0 Å². The molecule has 0 saturated carbocycles. The molecule has 0 amide bonds. The van der Waals surface area contributed by atoms with E-state index in [1.807, 2.05) is 0 Å². The first kappa shape index (κ1) is 8.41. The molecule has 0 aromatic carbocycles. The second-order valence-electron chi connectivity index (χ2n) is 2.31. The maximum Gasteiger partial charge on any atom is 0.157 e. The van der Waals surface area contributed by atoms with Crippen LogP contribution in [0.25, 0.3) is 0 Å². The molecule has 0 aromatic rings. The Morgan fingerprint density at radius 2 is 2.11 bits per heavy atom. The first-order chi connectivity index (χ1) is 4.18. The van der Waals surface area contributed by atoms with Gasteiger partial charge in [0, 0.05) is 6.42 Å². The number of unbranched alkanes of at least 4 members (excludes halogenated alkanes) is 1. The summed E-state index contributed by atoms with van der Waals surface area (Å²) < 4.78 is 0. The predicted molar refractivity (Wildman–Crippen MR) is 39.3 cm³/mol. The van der Waals surface area contributed by atoms with Gasteiger partial charge in [-0.2, -0.15) is 0 Å². The fraction of sp³-hybridized carbons (Fsp3) is 0.625. The van der Waals surface area contributed by atoms with Crippen LogP contribution in [0.1, 0.15) is 33.1 Å². The molecule has 52 valence electrons. The third-order valence-corrected chi connectivity index (χ3v) is 1.23. The second-order valence-corrected chi connectivity index (χ2v) is 2.31. The van der Waals surface area contributed by atoms with E-state index in [9.17, 15) is 4.79 Å². The van der Waals surface area contributed by atoms with Gasteiger partial charge < -0.3 is 0 Å². The molecule has 0 fully saturated rings. The zero-order valence-corrected chi connectivity index (χ0v) is 6.24. The summed E-state index contributed by atoms with van der Waals surface area (Å²) in [5, 5.41) is 0. The minimum absolute atomic E-state index is 0.205. The van der Waals surface area contributed by atoms with Gasteiger partial charge in [-0.3, -0.25) is 4.79 Å². The number of carbonyl (C=O) groups is 1. The highest BCUT2D eigenvalue weighted by atomic mass is 16.1. The molecule has 0 rings (SSSR count). The molecule has 0 aromatic heterocycles. The molecule has 0 N–H and O–H groups in total. The molecule has 1 nitrogen and oxygen atoms in total. The maximum atomic E-state index is 10.8. The van der Waals surface area contributed by atoms with E-state index < -0.39 is 0 Å². The highest BCUT2D eigenvalue weighted by molar-refractivity contribution is 5.93. The molecule has 0 heterocycles. The molecule has 0 aliphatic carbocycles. The van der Waals surface area contributed by atoms with E-state index >= 15 is 0 Å². The number of hydrogen-bond donors (Lipinski definition) is 0. The van der Waals surface area contributed by atoms with Crippen molar-refractivity contribution in [3.8, 4) is 0 Å². The number of allylic oxidation sites excluding steroid dienone is 1. The van der Waals surface area contributed by atoms with Crippen LogP contribution in [0, 0.1) is 0 Å². The Hall–Kier alpha value is -0.590. The first-order valence-electron chi connectivity index (χ1n) is 3.37. The van der Waals surface area contributed by atoms with Gasteiger partial charge in [-0.15, -0.1) is 0 Å². The van der Waals surface area contributed by atoms with Gasteiger partial charge in [0.25, 0.3) is 0 Å². The third-order valence-electron chi connectivity index (χ3n) is 1.23. The summed E-state index contributed by atoms with van der Waals surface area (Å²) in [6, 6.07) is 0. The van der Waals surface area contributed by atoms with Crippen LogP contribution in [0.3, 0.4) is 0 Å². The highest BCUT2D eigenvalue weighted by Gasteiger charge is 1.98. The maximum absolute atomic E-state index is 10.8. The Morgan fingerprint density at radius 1 is 1.56 bits per heavy atom. The van der Waals surface area contributed by atoms with Crippen molar-refractivity contribution in [1.82, 2.24) is 0 Å². The molecular formula is C8H14O. The van der Waals surface area contributed by atoms with Gasteiger partial charge in [-0.05, 0) is 18.9 Å². The monoisotopic (exact) mass is 126 g/mol. The number of Topliss-reactive ketones (excluding diaryl/α,β-unsaturated/α-hetero) is 1. The predicted octanol–water partition coefficient (Wildman–Crippen LogP) is 2.32. The van der Waals surface area contributed by atoms with Crippen LogP contribution in [-0.2, 0) is 4.79 Å². The Kier molecular flexibility index (Phi) is 4.02. The average Bonchev–Trinajstić information content (AvgIpc) is 1.82. The minimum atomic E-state index is 0.205.